The number of anilines is 1. The number of aryl methyl sites for hydroxylation is 1. The molecule has 0 heterocycles. The third-order valence-electron chi connectivity index (χ3n) is 5.71. The van der Waals surface area contributed by atoms with E-state index >= 15 is 0 Å². The van der Waals surface area contributed by atoms with Crippen molar-refractivity contribution in [2.24, 2.45) is 5.92 Å². The Morgan fingerprint density at radius 2 is 1.68 bits per heavy atom. The van der Waals surface area contributed by atoms with Gasteiger partial charge in [-0.2, -0.15) is 0 Å². The molecular formula is C28H39N3O7. The fourth-order valence-corrected chi connectivity index (χ4v) is 3.84. The van der Waals surface area contributed by atoms with Gasteiger partial charge in [0.05, 0.1) is 13.7 Å². The SMILES string of the molecule is COc1ccc(NC(=O)C(c2cccc(C)c2O)N(CCO)C(=O)C(NC(=O)OC(C)(C)C)C(C)C)cc1. The first kappa shape index (κ1) is 30.4. The molecule has 0 aliphatic carbocycles. The number of alkyl carbamates (subject to hydrolysis) is 1. The van der Waals surface area contributed by atoms with E-state index in [0.29, 0.717) is 17.0 Å². The topological polar surface area (TPSA) is 137 Å². The number of aliphatic hydroxyl groups excluding tert-OH is 1. The summed E-state index contributed by atoms with van der Waals surface area (Å²) >= 11 is 0. The Labute approximate surface area is 223 Å². The number of para-hydroxylation sites is 1. The van der Waals surface area contributed by atoms with Gasteiger partial charge < -0.3 is 35.2 Å². The van der Waals surface area contributed by atoms with E-state index < -0.39 is 42.2 Å². The molecule has 38 heavy (non-hydrogen) atoms. The number of carbonyl (C=O) groups excluding carboxylic acids is 3. The fraction of sp³-hybridized carbons (Fsp3) is 0.464. The highest BCUT2D eigenvalue weighted by atomic mass is 16.6. The van der Waals surface area contributed by atoms with Gasteiger partial charge in [0.15, 0.2) is 0 Å². The number of ether oxygens (including phenoxy) is 2. The fourth-order valence-electron chi connectivity index (χ4n) is 3.84. The van der Waals surface area contributed by atoms with Crippen LogP contribution in [0.2, 0.25) is 0 Å². The number of rotatable bonds is 10. The van der Waals surface area contributed by atoms with Gasteiger partial charge in [-0.15, -0.1) is 0 Å². The van der Waals surface area contributed by atoms with Crippen LogP contribution in [0.4, 0.5) is 10.5 Å². The molecule has 2 unspecified atom stereocenters. The Morgan fingerprint density at radius 1 is 1.05 bits per heavy atom. The van der Waals surface area contributed by atoms with E-state index in [9.17, 15) is 24.6 Å². The van der Waals surface area contributed by atoms with Crippen LogP contribution in [0, 0.1) is 12.8 Å². The van der Waals surface area contributed by atoms with Gasteiger partial charge in [-0.1, -0.05) is 32.0 Å². The lowest BCUT2D eigenvalue weighted by Crippen LogP contribution is -2.55. The van der Waals surface area contributed by atoms with Crippen LogP contribution in [0.3, 0.4) is 0 Å². The summed E-state index contributed by atoms with van der Waals surface area (Å²) in [6.07, 6.45) is -0.786. The second kappa shape index (κ2) is 13.1. The highest BCUT2D eigenvalue weighted by Crippen LogP contribution is 2.33. The number of carbonyl (C=O) groups is 3. The van der Waals surface area contributed by atoms with Gasteiger partial charge in [-0.05, 0) is 63.4 Å². The molecule has 0 aromatic heterocycles. The number of hydrogen-bond donors (Lipinski definition) is 4. The van der Waals surface area contributed by atoms with Gasteiger partial charge in [0, 0.05) is 17.8 Å². The molecule has 0 spiro atoms. The predicted molar refractivity (Wildman–Crippen MR) is 144 cm³/mol. The first-order valence-electron chi connectivity index (χ1n) is 12.4. The molecule has 10 heteroatoms. The Balaban J connectivity index is 2.53. The number of aliphatic hydroxyl groups is 1. The van der Waals surface area contributed by atoms with Crippen LogP contribution in [-0.4, -0.2) is 64.9 Å². The first-order valence-corrected chi connectivity index (χ1v) is 12.4. The lowest BCUT2D eigenvalue weighted by Gasteiger charge is -2.35. The summed E-state index contributed by atoms with van der Waals surface area (Å²) < 4.78 is 10.5. The second-order valence-corrected chi connectivity index (χ2v) is 10.3. The number of amides is 3. The first-order chi connectivity index (χ1) is 17.8. The average Bonchev–Trinajstić information content (AvgIpc) is 2.83. The molecule has 2 aromatic rings. The minimum Gasteiger partial charge on any atom is -0.507 e. The van der Waals surface area contributed by atoms with Crippen molar-refractivity contribution >= 4 is 23.6 Å². The molecule has 0 saturated heterocycles. The van der Waals surface area contributed by atoms with Crippen molar-refractivity contribution < 1.29 is 34.1 Å². The lowest BCUT2D eigenvalue weighted by atomic mass is 9.97. The summed E-state index contributed by atoms with van der Waals surface area (Å²) in [5.74, 6) is -1.17. The third kappa shape index (κ3) is 8.11. The van der Waals surface area contributed by atoms with E-state index in [4.69, 9.17) is 9.47 Å². The molecule has 2 aromatic carbocycles. The zero-order valence-corrected chi connectivity index (χ0v) is 23.1. The number of hydrogen-bond acceptors (Lipinski definition) is 7. The van der Waals surface area contributed by atoms with Crippen molar-refractivity contribution in [2.75, 3.05) is 25.6 Å². The highest BCUT2D eigenvalue weighted by Gasteiger charge is 2.38. The van der Waals surface area contributed by atoms with Gasteiger partial charge >= 0.3 is 6.09 Å². The maximum Gasteiger partial charge on any atom is 0.408 e. The van der Waals surface area contributed by atoms with E-state index in [1.54, 1.807) is 84.0 Å². The monoisotopic (exact) mass is 529 g/mol. The van der Waals surface area contributed by atoms with Crippen LogP contribution in [0.5, 0.6) is 11.5 Å². The van der Waals surface area contributed by atoms with Crippen molar-refractivity contribution in [1.82, 2.24) is 10.2 Å². The maximum absolute atomic E-state index is 13.9. The molecule has 0 bridgehead atoms. The minimum atomic E-state index is -1.32. The van der Waals surface area contributed by atoms with Crippen molar-refractivity contribution in [3.8, 4) is 11.5 Å². The number of nitrogens with zero attached hydrogens (tertiary/aromatic N) is 1. The predicted octanol–water partition coefficient (Wildman–Crippen LogP) is 3.76. The molecule has 10 nitrogen and oxygen atoms in total. The lowest BCUT2D eigenvalue weighted by molar-refractivity contribution is -0.142. The minimum absolute atomic E-state index is 0.153. The molecule has 0 aliphatic rings. The molecule has 0 saturated carbocycles. The largest absolute Gasteiger partial charge is 0.507 e. The molecular weight excluding hydrogens is 490 g/mol. The molecule has 0 fully saturated rings. The van der Waals surface area contributed by atoms with Crippen LogP contribution in [0.1, 0.15) is 51.8 Å². The average molecular weight is 530 g/mol. The Bertz CT molecular complexity index is 1110. The van der Waals surface area contributed by atoms with Crippen LogP contribution >= 0.6 is 0 Å². The number of phenols is 1. The number of benzene rings is 2. The van der Waals surface area contributed by atoms with Crippen LogP contribution in [0.15, 0.2) is 42.5 Å². The van der Waals surface area contributed by atoms with E-state index in [-0.39, 0.29) is 23.8 Å². The third-order valence-corrected chi connectivity index (χ3v) is 5.71. The number of aromatic hydroxyl groups is 1. The zero-order valence-electron chi connectivity index (χ0n) is 23.1. The number of nitrogens with one attached hydrogen (secondary N) is 2. The van der Waals surface area contributed by atoms with Crippen LogP contribution in [-0.2, 0) is 14.3 Å². The van der Waals surface area contributed by atoms with Gasteiger partial charge in [0.25, 0.3) is 5.91 Å². The second-order valence-electron chi connectivity index (χ2n) is 10.3. The summed E-state index contributed by atoms with van der Waals surface area (Å²) in [4.78, 5) is 41.3. The number of methoxy groups -OCH3 is 1. The smallest absolute Gasteiger partial charge is 0.408 e. The summed E-state index contributed by atoms with van der Waals surface area (Å²) in [7, 11) is 1.53. The van der Waals surface area contributed by atoms with E-state index in [2.05, 4.69) is 10.6 Å². The standard InChI is InChI=1S/C28H39N3O7/c1-17(2)22(30-27(36)38-28(4,5)6)26(35)31(15-16-32)23(21-10-8-9-18(3)24(21)33)25(34)29-19-11-13-20(37-7)14-12-19/h8-14,17,22-23,32-33H,15-16H2,1-7H3,(H,29,34)(H,30,36). The molecule has 2 atom stereocenters. The molecule has 0 aliphatic heterocycles. The Morgan fingerprint density at radius 3 is 2.21 bits per heavy atom. The normalized spacial score (nSPS) is 12.9. The Kier molecular flexibility index (Phi) is 10.5. The summed E-state index contributed by atoms with van der Waals surface area (Å²) in [6, 6.07) is 9.12. The van der Waals surface area contributed by atoms with E-state index in [1.807, 2.05) is 0 Å². The summed E-state index contributed by atoms with van der Waals surface area (Å²) in [5.41, 5.74) is 0.343. The summed E-state index contributed by atoms with van der Waals surface area (Å²) in [5, 5.41) is 26.1. The molecule has 4 N–H and O–H groups in total. The van der Waals surface area contributed by atoms with Gasteiger partial charge in [0.1, 0.15) is 29.2 Å². The van der Waals surface area contributed by atoms with Crippen LogP contribution in [0.25, 0.3) is 0 Å². The van der Waals surface area contributed by atoms with Crippen molar-refractivity contribution in [1.29, 1.82) is 0 Å². The van der Waals surface area contributed by atoms with Crippen molar-refractivity contribution in [2.45, 2.75) is 59.2 Å². The summed E-state index contributed by atoms with van der Waals surface area (Å²) in [6.45, 7) is 9.59. The van der Waals surface area contributed by atoms with Crippen molar-refractivity contribution in [3.05, 3.63) is 53.6 Å². The van der Waals surface area contributed by atoms with E-state index in [1.165, 1.54) is 7.11 Å². The Hall–Kier alpha value is -3.79. The molecule has 0 radical (unpaired) electrons. The maximum atomic E-state index is 13.9. The van der Waals surface area contributed by atoms with Gasteiger partial charge in [-0.25, -0.2) is 4.79 Å². The molecule has 3 amide bonds. The highest BCUT2D eigenvalue weighted by molar-refractivity contribution is 5.99. The number of phenolic OH excluding ortho intramolecular Hbond substituents is 1. The molecule has 208 valence electrons. The zero-order chi connectivity index (χ0) is 28.6. The van der Waals surface area contributed by atoms with Crippen LogP contribution < -0.4 is 15.4 Å². The van der Waals surface area contributed by atoms with Gasteiger partial charge in [-0.3, -0.25) is 9.59 Å². The van der Waals surface area contributed by atoms with E-state index in [0.717, 1.165) is 4.90 Å². The molecule has 2 rings (SSSR count). The van der Waals surface area contributed by atoms with Crippen molar-refractivity contribution in [3.63, 3.8) is 0 Å². The quantitative estimate of drug-likeness (QED) is 0.368. The van der Waals surface area contributed by atoms with Gasteiger partial charge in [0.2, 0.25) is 5.91 Å².